The molecule has 14 nitrogen and oxygen atoms in total. The Balaban J connectivity index is 1.40. The fourth-order valence-electron chi connectivity index (χ4n) is 4.86. The Labute approximate surface area is 253 Å². The zero-order valence-electron chi connectivity index (χ0n) is 23.8. The lowest BCUT2D eigenvalue weighted by atomic mass is 10.0. The molecule has 0 aliphatic heterocycles. The van der Waals surface area contributed by atoms with Crippen LogP contribution in [0.4, 0.5) is 15.5 Å². The number of hydroxylamine groups is 1. The number of nitrogens with zero attached hydrogens (tertiary/aromatic N) is 2. The number of anilines is 1. The van der Waals surface area contributed by atoms with E-state index in [1.165, 1.54) is 43.9 Å². The zero-order valence-corrected chi connectivity index (χ0v) is 24.7. The third-order valence-electron chi connectivity index (χ3n) is 7.10. The second kappa shape index (κ2) is 13.9. The molecule has 2 atom stereocenters. The van der Waals surface area contributed by atoms with Gasteiger partial charge in [0.25, 0.3) is 10.0 Å². The number of hydrogen-bond donors (Lipinski definition) is 4. The number of benzene rings is 2. The Hall–Kier alpha value is -4.44. The minimum Gasteiger partial charge on any atom is -0.469 e. The van der Waals surface area contributed by atoms with Crippen molar-refractivity contribution in [2.45, 2.75) is 55.2 Å². The molecule has 0 unspecified atom stereocenters. The standard InChI is InChI=1S/C29H33N5O9S/c1-40-28(36)33-27-30-23-12-11-22(16-24(23)31-27)44(38,39)34(43-20-9-5-6-10-20)17-26(35)25(15-19-7-3-2-4-8-19)32-29(37)42-21-13-14-41-18-21/h2-4,7-8,11-14,16,18,20,25-26,35H,5-6,9-10,15,17H2,1H3,(H,32,37)(H2,30,31,33,36)/t25-,26-/m0/s1. The first-order valence-corrected chi connectivity index (χ1v) is 15.4. The predicted molar refractivity (Wildman–Crippen MR) is 157 cm³/mol. The summed E-state index contributed by atoms with van der Waals surface area (Å²) in [6, 6.07) is 13.8. The van der Waals surface area contributed by atoms with Gasteiger partial charge in [-0.05, 0) is 43.0 Å². The van der Waals surface area contributed by atoms with Crippen molar-refractivity contribution in [3.8, 4) is 5.75 Å². The molecule has 2 aromatic heterocycles. The molecule has 4 N–H and O–H groups in total. The molecule has 15 heteroatoms. The number of H-pyrrole nitrogens is 1. The minimum atomic E-state index is -4.33. The number of methoxy groups -OCH3 is 1. The Morgan fingerprint density at radius 1 is 1.14 bits per heavy atom. The van der Waals surface area contributed by atoms with Crippen LogP contribution in [0.25, 0.3) is 11.0 Å². The summed E-state index contributed by atoms with van der Waals surface area (Å²) in [5, 5.41) is 16.5. The summed E-state index contributed by atoms with van der Waals surface area (Å²) >= 11 is 0. The van der Waals surface area contributed by atoms with Crippen LogP contribution < -0.4 is 15.4 Å². The summed E-state index contributed by atoms with van der Waals surface area (Å²) in [7, 11) is -3.13. The first-order chi connectivity index (χ1) is 21.2. The number of hydrogen-bond acceptors (Lipinski definition) is 10. The SMILES string of the molecule is COC(=O)Nc1nc2ccc(S(=O)(=O)N(C[C@H](O)[C@H](Cc3ccccc3)NC(=O)Oc3ccoc3)OC3CCCC3)cc2[nH]1. The van der Waals surface area contributed by atoms with Gasteiger partial charge in [-0.2, -0.15) is 0 Å². The van der Waals surface area contributed by atoms with Gasteiger partial charge in [0.2, 0.25) is 5.95 Å². The summed E-state index contributed by atoms with van der Waals surface area (Å²) in [6.07, 6.45) is 2.49. The van der Waals surface area contributed by atoms with E-state index in [9.17, 15) is 23.1 Å². The monoisotopic (exact) mass is 627 g/mol. The van der Waals surface area contributed by atoms with E-state index in [0.29, 0.717) is 23.9 Å². The Bertz CT molecular complexity index is 1650. The van der Waals surface area contributed by atoms with E-state index >= 15 is 0 Å². The number of aliphatic hydroxyl groups is 1. The maximum Gasteiger partial charge on any atom is 0.413 e. The summed E-state index contributed by atoms with van der Waals surface area (Å²) in [5.41, 5.74) is 1.54. The number of ether oxygens (including phenoxy) is 2. The number of nitrogens with one attached hydrogen (secondary N) is 3. The summed E-state index contributed by atoms with van der Waals surface area (Å²) in [5.74, 6) is 0.247. The van der Waals surface area contributed by atoms with Gasteiger partial charge in [-0.15, -0.1) is 0 Å². The fourth-order valence-corrected chi connectivity index (χ4v) is 6.19. The van der Waals surface area contributed by atoms with Gasteiger partial charge >= 0.3 is 12.2 Å². The molecular formula is C29H33N5O9S. The number of carbonyl (C=O) groups excluding carboxylic acids is 2. The van der Waals surface area contributed by atoms with Crippen molar-refractivity contribution in [3.63, 3.8) is 0 Å². The number of rotatable bonds is 12. The van der Waals surface area contributed by atoms with Crippen LogP contribution in [0.2, 0.25) is 0 Å². The molecule has 44 heavy (non-hydrogen) atoms. The average molecular weight is 628 g/mol. The van der Waals surface area contributed by atoms with Gasteiger partial charge in [-0.25, -0.2) is 23.0 Å². The number of carbonyl (C=O) groups is 2. The number of sulfonamides is 1. The Morgan fingerprint density at radius 2 is 1.91 bits per heavy atom. The van der Waals surface area contributed by atoms with Crippen molar-refractivity contribution < 1.29 is 41.8 Å². The van der Waals surface area contributed by atoms with Crippen molar-refractivity contribution in [3.05, 3.63) is 72.7 Å². The Morgan fingerprint density at radius 3 is 2.61 bits per heavy atom. The predicted octanol–water partition coefficient (Wildman–Crippen LogP) is 3.96. The molecule has 0 bridgehead atoms. The maximum atomic E-state index is 14.0. The van der Waals surface area contributed by atoms with Crippen molar-refractivity contribution >= 4 is 39.2 Å². The number of fused-ring (bicyclic) bond motifs is 1. The largest absolute Gasteiger partial charge is 0.469 e. The summed E-state index contributed by atoms with van der Waals surface area (Å²) in [6.45, 7) is -0.488. The van der Waals surface area contributed by atoms with Crippen LogP contribution in [-0.4, -0.2) is 72.1 Å². The molecule has 1 saturated carbocycles. The quantitative estimate of drug-likeness (QED) is 0.168. The lowest BCUT2D eigenvalue weighted by molar-refractivity contribution is -0.145. The normalized spacial score (nSPS) is 15.2. The van der Waals surface area contributed by atoms with E-state index in [-0.39, 0.29) is 29.1 Å². The van der Waals surface area contributed by atoms with Crippen LogP contribution in [0.3, 0.4) is 0 Å². The van der Waals surface area contributed by atoms with Gasteiger partial charge < -0.3 is 29.3 Å². The fraction of sp³-hybridized carbons (Fsp3) is 0.345. The van der Waals surface area contributed by atoms with Crippen molar-refractivity contribution in [2.75, 3.05) is 19.0 Å². The molecule has 2 amide bonds. The zero-order chi connectivity index (χ0) is 31.1. The van der Waals surface area contributed by atoms with Gasteiger partial charge in [0.1, 0.15) is 6.26 Å². The number of imidazole rings is 1. The van der Waals surface area contributed by atoms with Crippen LogP contribution in [0.1, 0.15) is 31.2 Å². The van der Waals surface area contributed by atoms with Crippen LogP contribution in [0.5, 0.6) is 5.75 Å². The smallest absolute Gasteiger partial charge is 0.413 e. The highest BCUT2D eigenvalue weighted by atomic mass is 32.2. The van der Waals surface area contributed by atoms with Gasteiger partial charge in [0.15, 0.2) is 5.75 Å². The van der Waals surface area contributed by atoms with E-state index in [0.717, 1.165) is 22.9 Å². The van der Waals surface area contributed by atoms with E-state index in [1.54, 1.807) is 0 Å². The second-order valence-corrected chi connectivity index (χ2v) is 12.1. The summed E-state index contributed by atoms with van der Waals surface area (Å²) in [4.78, 5) is 37.2. The highest BCUT2D eigenvalue weighted by molar-refractivity contribution is 7.89. The van der Waals surface area contributed by atoms with Crippen molar-refractivity contribution in [2.24, 2.45) is 0 Å². The lowest BCUT2D eigenvalue weighted by Gasteiger charge is -2.30. The third kappa shape index (κ3) is 7.74. The third-order valence-corrected chi connectivity index (χ3v) is 8.72. The topological polar surface area (TPSA) is 185 Å². The minimum absolute atomic E-state index is 0.0769. The van der Waals surface area contributed by atoms with Crippen molar-refractivity contribution in [1.29, 1.82) is 0 Å². The van der Waals surface area contributed by atoms with Gasteiger partial charge in [-0.3, -0.25) is 10.2 Å². The molecule has 2 aromatic carbocycles. The van der Waals surface area contributed by atoms with Crippen molar-refractivity contribution in [1.82, 2.24) is 19.8 Å². The van der Waals surface area contributed by atoms with Gasteiger partial charge in [-0.1, -0.05) is 47.6 Å². The van der Waals surface area contributed by atoms with Crippen LogP contribution in [-0.2, 0) is 26.0 Å². The number of aliphatic hydroxyl groups excluding tert-OH is 1. The number of aromatic amines is 1. The van der Waals surface area contributed by atoms with E-state index in [2.05, 4.69) is 25.3 Å². The van der Waals surface area contributed by atoms with Crippen LogP contribution in [0, 0.1) is 0 Å². The molecule has 0 radical (unpaired) electrons. The van der Waals surface area contributed by atoms with Crippen LogP contribution >= 0.6 is 0 Å². The molecule has 4 aromatic rings. The molecule has 1 fully saturated rings. The Kier molecular flexibility index (Phi) is 9.79. The molecular weight excluding hydrogens is 594 g/mol. The number of amides is 2. The van der Waals surface area contributed by atoms with Crippen LogP contribution in [0.15, 0.2) is 76.4 Å². The van der Waals surface area contributed by atoms with Gasteiger partial charge in [0, 0.05) is 6.07 Å². The van der Waals surface area contributed by atoms with E-state index in [4.69, 9.17) is 14.0 Å². The molecule has 5 rings (SSSR count). The molecule has 234 valence electrons. The molecule has 0 spiro atoms. The average Bonchev–Trinajstić information content (AvgIpc) is 3.79. The highest BCUT2D eigenvalue weighted by Gasteiger charge is 2.35. The molecule has 1 aliphatic carbocycles. The first kappa shape index (κ1) is 31.0. The molecule has 2 heterocycles. The summed E-state index contributed by atoms with van der Waals surface area (Å²) < 4.78 is 43.5. The lowest BCUT2D eigenvalue weighted by Crippen LogP contribution is -2.51. The van der Waals surface area contributed by atoms with Gasteiger partial charge in [0.05, 0.1) is 54.1 Å². The van der Waals surface area contributed by atoms with E-state index in [1.807, 2.05) is 30.3 Å². The van der Waals surface area contributed by atoms with E-state index < -0.39 is 40.9 Å². The highest BCUT2D eigenvalue weighted by Crippen LogP contribution is 2.28. The maximum absolute atomic E-state index is 14.0. The first-order valence-electron chi connectivity index (χ1n) is 14.0. The second-order valence-electron chi connectivity index (χ2n) is 10.2. The molecule has 0 saturated heterocycles. The number of furan rings is 1. The molecule has 1 aliphatic rings. The number of aromatic nitrogens is 2.